The van der Waals surface area contributed by atoms with Crippen molar-refractivity contribution in [3.05, 3.63) is 42.2 Å². The number of likely N-dealkylation sites (tertiary alicyclic amines) is 1. The van der Waals surface area contributed by atoms with Crippen LogP contribution in [0.25, 0.3) is 0 Å². The molecule has 2 saturated heterocycles. The molecule has 1 aromatic carbocycles. The SMILES string of the molecule is COc1ccc(OC)c(Nc2ccnc(C(=O)N3CCC4(CC3)OCCO4)c2)c1. The summed E-state index contributed by atoms with van der Waals surface area (Å²) in [6, 6.07) is 9.04. The Hall–Kier alpha value is -2.84. The van der Waals surface area contributed by atoms with E-state index in [2.05, 4.69) is 10.3 Å². The molecule has 154 valence electrons. The molecule has 0 unspecified atom stereocenters. The number of rotatable bonds is 5. The highest BCUT2D eigenvalue weighted by molar-refractivity contribution is 5.93. The first kappa shape index (κ1) is 19.5. The Morgan fingerprint density at radius 2 is 1.86 bits per heavy atom. The molecule has 2 aliphatic heterocycles. The molecule has 1 aromatic heterocycles. The second-order valence-corrected chi connectivity index (χ2v) is 7.02. The monoisotopic (exact) mass is 399 g/mol. The third-order valence-corrected chi connectivity index (χ3v) is 5.29. The third-order valence-electron chi connectivity index (χ3n) is 5.29. The topological polar surface area (TPSA) is 82.2 Å². The van der Waals surface area contributed by atoms with Crippen LogP contribution < -0.4 is 14.8 Å². The summed E-state index contributed by atoms with van der Waals surface area (Å²) in [5.41, 5.74) is 1.87. The van der Waals surface area contributed by atoms with Crippen LogP contribution in [-0.4, -0.2) is 62.1 Å². The van der Waals surface area contributed by atoms with Gasteiger partial charge in [-0.1, -0.05) is 0 Å². The van der Waals surface area contributed by atoms with Gasteiger partial charge in [-0.25, -0.2) is 0 Å². The van der Waals surface area contributed by atoms with Crippen molar-refractivity contribution < 1.29 is 23.7 Å². The summed E-state index contributed by atoms with van der Waals surface area (Å²) in [7, 11) is 3.22. The van der Waals surface area contributed by atoms with Crippen molar-refractivity contribution in [3.8, 4) is 11.5 Å². The van der Waals surface area contributed by atoms with Gasteiger partial charge in [-0.15, -0.1) is 0 Å². The molecule has 29 heavy (non-hydrogen) atoms. The number of aromatic nitrogens is 1. The van der Waals surface area contributed by atoms with E-state index in [9.17, 15) is 4.79 Å². The number of carbonyl (C=O) groups is 1. The largest absolute Gasteiger partial charge is 0.497 e. The molecule has 3 heterocycles. The van der Waals surface area contributed by atoms with Crippen molar-refractivity contribution in [2.24, 2.45) is 0 Å². The number of pyridine rings is 1. The average molecular weight is 399 g/mol. The molecule has 1 amide bonds. The molecule has 8 heteroatoms. The number of amides is 1. The zero-order chi connectivity index (χ0) is 20.3. The van der Waals surface area contributed by atoms with E-state index < -0.39 is 5.79 Å². The number of piperidine rings is 1. The molecule has 8 nitrogen and oxygen atoms in total. The molecule has 2 fully saturated rings. The van der Waals surface area contributed by atoms with E-state index >= 15 is 0 Å². The third kappa shape index (κ3) is 4.13. The summed E-state index contributed by atoms with van der Waals surface area (Å²) in [6.45, 7) is 2.41. The smallest absolute Gasteiger partial charge is 0.272 e. The molecule has 0 atom stereocenters. The lowest BCUT2D eigenvalue weighted by Gasteiger charge is -2.37. The first-order valence-electron chi connectivity index (χ1n) is 9.65. The van der Waals surface area contributed by atoms with Gasteiger partial charge in [0.1, 0.15) is 17.2 Å². The predicted octanol–water partition coefficient (Wildman–Crippen LogP) is 2.82. The lowest BCUT2D eigenvalue weighted by Crippen LogP contribution is -2.47. The van der Waals surface area contributed by atoms with Gasteiger partial charge in [-0.05, 0) is 24.3 Å². The molecule has 4 rings (SSSR count). The molecule has 2 aromatic rings. The number of carbonyl (C=O) groups excluding carboxylic acids is 1. The zero-order valence-electron chi connectivity index (χ0n) is 16.6. The minimum absolute atomic E-state index is 0.0981. The van der Waals surface area contributed by atoms with Gasteiger partial charge in [-0.2, -0.15) is 0 Å². The van der Waals surface area contributed by atoms with Crippen molar-refractivity contribution in [1.82, 2.24) is 9.88 Å². The number of nitrogens with zero attached hydrogens (tertiary/aromatic N) is 2. The fourth-order valence-electron chi connectivity index (χ4n) is 3.69. The Morgan fingerprint density at radius 3 is 2.55 bits per heavy atom. The van der Waals surface area contributed by atoms with Crippen LogP contribution in [0.3, 0.4) is 0 Å². The standard InChI is InChI=1S/C21H25N3O5/c1-26-16-3-4-19(27-2)17(14-16)23-15-5-8-22-18(13-15)20(25)24-9-6-21(7-10-24)28-11-12-29-21/h3-5,8,13-14H,6-7,9-12H2,1-2H3,(H,22,23). The van der Waals surface area contributed by atoms with E-state index in [-0.39, 0.29) is 5.91 Å². The van der Waals surface area contributed by atoms with Crippen LogP contribution in [-0.2, 0) is 9.47 Å². The lowest BCUT2D eigenvalue weighted by atomic mass is 10.0. The van der Waals surface area contributed by atoms with E-state index in [0.717, 1.165) is 11.4 Å². The van der Waals surface area contributed by atoms with E-state index in [1.54, 1.807) is 37.4 Å². The van der Waals surface area contributed by atoms with Crippen LogP contribution in [0.2, 0.25) is 0 Å². The minimum Gasteiger partial charge on any atom is -0.497 e. The molecule has 1 N–H and O–H groups in total. The van der Waals surface area contributed by atoms with Gasteiger partial charge in [0.15, 0.2) is 5.79 Å². The van der Waals surface area contributed by atoms with Gasteiger partial charge >= 0.3 is 0 Å². The van der Waals surface area contributed by atoms with Gasteiger partial charge in [0.05, 0.1) is 33.1 Å². The predicted molar refractivity (Wildman–Crippen MR) is 107 cm³/mol. The Kier molecular flexibility index (Phi) is 5.55. The first-order chi connectivity index (χ1) is 14.1. The van der Waals surface area contributed by atoms with Crippen molar-refractivity contribution in [2.45, 2.75) is 18.6 Å². The molecule has 0 aliphatic carbocycles. The van der Waals surface area contributed by atoms with Gasteiger partial charge < -0.3 is 29.2 Å². The molecule has 0 saturated carbocycles. The molecular weight excluding hydrogens is 374 g/mol. The second-order valence-electron chi connectivity index (χ2n) is 7.02. The number of anilines is 2. The van der Waals surface area contributed by atoms with Gasteiger partial charge in [0, 0.05) is 43.9 Å². The van der Waals surface area contributed by atoms with Crippen LogP contribution in [0, 0.1) is 0 Å². The molecule has 2 aliphatic rings. The number of hydrogen-bond donors (Lipinski definition) is 1. The quantitative estimate of drug-likeness (QED) is 0.828. The number of ether oxygens (including phenoxy) is 4. The zero-order valence-corrected chi connectivity index (χ0v) is 16.6. The van der Waals surface area contributed by atoms with Crippen LogP contribution in [0.4, 0.5) is 11.4 Å². The first-order valence-corrected chi connectivity index (χ1v) is 9.65. The van der Waals surface area contributed by atoms with Crippen LogP contribution in [0.15, 0.2) is 36.5 Å². The minimum atomic E-state index is -0.503. The van der Waals surface area contributed by atoms with Crippen molar-refractivity contribution in [3.63, 3.8) is 0 Å². The van der Waals surface area contributed by atoms with E-state index in [0.29, 0.717) is 56.3 Å². The molecule has 0 bridgehead atoms. The van der Waals surface area contributed by atoms with Crippen LogP contribution >= 0.6 is 0 Å². The van der Waals surface area contributed by atoms with Crippen LogP contribution in [0.5, 0.6) is 11.5 Å². The summed E-state index contributed by atoms with van der Waals surface area (Å²) >= 11 is 0. The average Bonchev–Trinajstić information content (AvgIpc) is 3.22. The lowest BCUT2D eigenvalue weighted by molar-refractivity contribution is -0.181. The molecule has 0 radical (unpaired) electrons. The highest BCUT2D eigenvalue weighted by Gasteiger charge is 2.41. The van der Waals surface area contributed by atoms with Gasteiger partial charge in [0.25, 0.3) is 5.91 Å². The summed E-state index contributed by atoms with van der Waals surface area (Å²) < 4.78 is 22.2. The van der Waals surface area contributed by atoms with Crippen molar-refractivity contribution >= 4 is 17.3 Å². The number of methoxy groups -OCH3 is 2. The Morgan fingerprint density at radius 1 is 1.10 bits per heavy atom. The maximum absolute atomic E-state index is 12.9. The highest BCUT2D eigenvalue weighted by Crippen LogP contribution is 2.33. The number of benzene rings is 1. The summed E-state index contributed by atoms with van der Waals surface area (Å²) in [5.74, 6) is 0.779. The van der Waals surface area contributed by atoms with Crippen molar-refractivity contribution in [2.75, 3.05) is 45.8 Å². The Balaban J connectivity index is 1.47. The van der Waals surface area contributed by atoms with Gasteiger partial charge in [0.2, 0.25) is 0 Å². The fourth-order valence-corrected chi connectivity index (χ4v) is 3.69. The van der Waals surface area contributed by atoms with E-state index in [1.165, 1.54) is 0 Å². The normalized spacial score (nSPS) is 17.9. The van der Waals surface area contributed by atoms with Gasteiger partial charge in [-0.3, -0.25) is 9.78 Å². The number of nitrogens with one attached hydrogen (secondary N) is 1. The maximum atomic E-state index is 12.9. The fraction of sp³-hybridized carbons (Fsp3) is 0.429. The Labute approximate surface area is 169 Å². The second kappa shape index (κ2) is 8.26. The summed E-state index contributed by atoms with van der Waals surface area (Å²) in [5, 5.41) is 3.28. The summed E-state index contributed by atoms with van der Waals surface area (Å²) in [4.78, 5) is 19.0. The Bertz CT molecular complexity index is 872. The van der Waals surface area contributed by atoms with Crippen LogP contribution in [0.1, 0.15) is 23.3 Å². The molecule has 1 spiro atoms. The van der Waals surface area contributed by atoms with E-state index in [1.807, 2.05) is 18.2 Å². The highest BCUT2D eigenvalue weighted by atomic mass is 16.7. The van der Waals surface area contributed by atoms with Crippen molar-refractivity contribution in [1.29, 1.82) is 0 Å². The maximum Gasteiger partial charge on any atom is 0.272 e. The molecular formula is C21H25N3O5. The summed E-state index contributed by atoms with van der Waals surface area (Å²) in [6.07, 6.45) is 2.98. The van der Waals surface area contributed by atoms with E-state index in [4.69, 9.17) is 18.9 Å². The number of hydrogen-bond acceptors (Lipinski definition) is 7.